The van der Waals surface area contributed by atoms with Gasteiger partial charge in [0.1, 0.15) is 10.7 Å². The summed E-state index contributed by atoms with van der Waals surface area (Å²) in [7, 11) is 0. The number of ether oxygens (including phenoxy) is 1. The Morgan fingerprint density at radius 1 is 1.73 bits per heavy atom. The van der Waals surface area contributed by atoms with Crippen molar-refractivity contribution in [2.45, 2.75) is 13.3 Å². The van der Waals surface area contributed by atoms with Gasteiger partial charge in [0, 0.05) is 6.20 Å². The molecule has 5 heteroatoms. The molecule has 0 saturated carbocycles. The lowest BCUT2D eigenvalue weighted by atomic mass is 10.1. The quantitative estimate of drug-likeness (QED) is 0.624. The third-order valence-electron chi connectivity index (χ3n) is 1.75. The monoisotopic (exact) mass is 222 g/mol. The van der Waals surface area contributed by atoms with E-state index in [0.717, 1.165) is 0 Å². The van der Waals surface area contributed by atoms with Gasteiger partial charge < -0.3 is 9.72 Å². The molecule has 0 unspecified atom stereocenters. The fraction of sp³-hybridized carbons (Fsp3) is 0.300. The first-order valence-electron chi connectivity index (χ1n) is 4.44. The summed E-state index contributed by atoms with van der Waals surface area (Å²) >= 11 is 4.99. The lowest BCUT2D eigenvalue weighted by Crippen LogP contribution is -2.08. The number of carbonyl (C=O) groups is 1. The maximum Gasteiger partial charge on any atom is 0.310 e. The number of carbonyl (C=O) groups excluding carboxylic acids is 1. The number of hydrogen-bond donors (Lipinski definition) is 1. The van der Waals surface area contributed by atoms with Crippen LogP contribution in [-0.4, -0.2) is 17.6 Å². The average molecular weight is 222 g/mol. The van der Waals surface area contributed by atoms with Crippen LogP contribution in [0.3, 0.4) is 0 Å². The van der Waals surface area contributed by atoms with Gasteiger partial charge in [-0.1, -0.05) is 12.2 Å². The van der Waals surface area contributed by atoms with Gasteiger partial charge in [0.2, 0.25) is 0 Å². The lowest BCUT2D eigenvalue weighted by Gasteiger charge is -2.02. The van der Waals surface area contributed by atoms with Crippen molar-refractivity contribution < 1.29 is 9.53 Å². The molecule has 1 heterocycles. The van der Waals surface area contributed by atoms with Crippen LogP contribution in [0.4, 0.5) is 0 Å². The summed E-state index contributed by atoms with van der Waals surface area (Å²) in [6.07, 6.45) is 1.61. The molecule has 0 saturated heterocycles. The highest BCUT2D eigenvalue weighted by atomic mass is 32.1. The fourth-order valence-corrected chi connectivity index (χ4v) is 1.28. The number of nitriles is 1. The number of aromatic amines is 1. The van der Waals surface area contributed by atoms with Crippen LogP contribution in [0.2, 0.25) is 0 Å². The van der Waals surface area contributed by atoms with Gasteiger partial charge in [-0.25, -0.2) is 0 Å². The summed E-state index contributed by atoms with van der Waals surface area (Å²) in [4.78, 5) is 14.0. The summed E-state index contributed by atoms with van der Waals surface area (Å²) in [5.74, 6) is -0.341. The molecule has 0 amide bonds. The van der Waals surface area contributed by atoms with Crippen LogP contribution in [0.25, 0.3) is 0 Å². The van der Waals surface area contributed by atoms with Crippen LogP contribution < -0.4 is 0 Å². The number of esters is 1. The molecule has 78 valence electrons. The average Bonchev–Trinajstić information content (AvgIpc) is 2.21. The summed E-state index contributed by atoms with van der Waals surface area (Å²) in [5.41, 5.74) is 1.06. The van der Waals surface area contributed by atoms with Crippen molar-refractivity contribution in [2.24, 2.45) is 0 Å². The molecule has 0 aliphatic rings. The molecule has 0 aromatic carbocycles. The van der Waals surface area contributed by atoms with Gasteiger partial charge in [0.15, 0.2) is 0 Å². The summed E-state index contributed by atoms with van der Waals surface area (Å²) in [6.45, 7) is 2.08. The molecule has 0 spiro atoms. The summed E-state index contributed by atoms with van der Waals surface area (Å²) in [5, 5.41) is 8.67. The van der Waals surface area contributed by atoms with Crippen molar-refractivity contribution in [3.63, 3.8) is 0 Å². The maximum atomic E-state index is 11.2. The molecule has 0 aliphatic heterocycles. The Balaban J connectivity index is 2.90. The Morgan fingerprint density at radius 2 is 2.47 bits per heavy atom. The Hall–Kier alpha value is -1.67. The first kappa shape index (κ1) is 11.4. The normalized spacial score (nSPS) is 9.33. The number of pyridine rings is 1. The molecule has 1 aromatic rings. The predicted octanol–water partition coefficient (Wildman–Crippen LogP) is 1.72. The minimum Gasteiger partial charge on any atom is -0.466 e. The number of hydrogen-bond acceptors (Lipinski definition) is 4. The third kappa shape index (κ3) is 3.18. The molecule has 1 N–H and O–H groups in total. The third-order valence-corrected chi connectivity index (χ3v) is 2.13. The molecule has 1 aromatic heterocycles. The van der Waals surface area contributed by atoms with Gasteiger partial charge in [-0.15, -0.1) is 0 Å². The molecule has 0 atom stereocenters. The molecule has 0 bridgehead atoms. The fourth-order valence-electron chi connectivity index (χ4n) is 1.09. The lowest BCUT2D eigenvalue weighted by molar-refractivity contribution is -0.142. The van der Waals surface area contributed by atoms with E-state index in [0.29, 0.717) is 22.4 Å². The first-order valence-corrected chi connectivity index (χ1v) is 4.85. The second-order valence-corrected chi connectivity index (χ2v) is 3.24. The standard InChI is InChI=1S/C10H10N2O2S/c1-2-14-9(13)4-8-3-7(5-11)6-12-10(8)15/h3,6H,2,4H2,1H3,(H,12,15). The van der Waals surface area contributed by atoms with E-state index in [9.17, 15) is 4.79 Å². The van der Waals surface area contributed by atoms with E-state index in [1.807, 2.05) is 6.07 Å². The Morgan fingerprint density at radius 3 is 3.07 bits per heavy atom. The van der Waals surface area contributed by atoms with Gasteiger partial charge in [-0.2, -0.15) is 5.26 Å². The second-order valence-electron chi connectivity index (χ2n) is 2.84. The smallest absolute Gasteiger partial charge is 0.310 e. The van der Waals surface area contributed by atoms with Gasteiger partial charge in [0.25, 0.3) is 0 Å². The molecular weight excluding hydrogens is 212 g/mol. The van der Waals surface area contributed by atoms with Crippen LogP contribution in [0.1, 0.15) is 18.1 Å². The van der Waals surface area contributed by atoms with Crippen LogP contribution in [0.15, 0.2) is 12.3 Å². The summed E-state index contributed by atoms with van der Waals surface area (Å²) < 4.78 is 5.25. The largest absolute Gasteiger partial charge is 0.466 e. The molecule has 1 rings (SSSR count). The van der Waals surface area contributed by atoms with Crippen molar-refractivity contribution in [1.29, 1.82) is 5.26 Å². The maximum absolute atomic E-state index is 11.2. The van der Waals surface area contributed by atoms with Crippen molar-refractivity contribution in [3.8, 4) is 6.07 Å². The number of nitrogens with one attached hydrogen (secondary N) is 1. The number of rotatable bonds is 3. The van der Waals surface area contributed by atoms with Crippen molar-refractivity contribution in [3.05, 3.63) is 28.0 Å². The second kappa shape index (κ2) is 5.27. The van der Waals surface area contributed by atoms with E-state index in [1.165, 1.54) is 6.20 Å². The van der Waals surface area contributed by atoms with E-state index >= 15 is 0 Å². The van der Waals surface area contributed by atoms with Gasteiger partial charge in [-0.3, -0.25) is 4.79 Å². The molecular formula is C10H10N2O2S. The van der Waals surface area contributed by atoms with Crippen molar-refractivity contribution in [1.82, 2.24) is 4.98 Å². The van der Waals surface area contributed by atoms with E-state index < -0.39 is 0 Å². The minimum absolute atomic E-state index is 0.0959. The van der Waals surface area contributed by atoms with E-state index in [4.69, 9.17) is 22.2 Å². The number of H-pyrrole nitrogens is 1. The van der Waals surface area contributed by atoms with E-state index in [-0.39, 0.29) is 12.4 Å². The van der Waals surface area contributed by atoms with E-state index in [2.05, 4.69) is 4.98 Å². The SMILES string of the molecule is CCOC(=O)Cc1cc(C#N)c[nH]c1=S. The predicted molar refractivity (Wildman–Crippen MR) is 56.7 cm³/mol. The minimum atomic E-state index is -0.341. The Kier molecular flexibility index (Phi) is 4.01. The topological polar surface area (TPSA) is 65.9 Å². The zero-order valence-electron chi connectivity index (χ0n) is 8.24. The zero-order chi connectivity index (χ0) is 11.3. The highest BCUT2D eigenvalue weighted by Gasteiger charge is 2.06. The molecule has 0 radical (unpaired) electrons. The van der Waals surface area contributed by atoms with Crippen LogP contribution in [0, 0.1) is 16.0 Å². The van der Waals surface area contributed by atoms with Crippen LogP contribution >= 0.6 is 12.2 Å². The van der Waals surface area contributed by atoms with Gasteiger partial charge in [-0.05, 0) is 18.6 Å². The van der Waals surface area contributed by atoms with Crippen molar-refractivity contribution >= 4 is 18.2 Å². The van der Waals surface area contributed by atoms with Gasteiger partial charge >= 0.3 is 5.97 Å². The van der Waals surface area contributed by atoms with Crippen LogP contribution in [-0.2, 0) is 16.0 Å². The Bertz CT molecular complexity index is 459. The molecule has 0 aliphatic carbocycles. The first-order chi connectivity index (χ1) is 7.17. The molecule has 4 nitrogen and oxygen atoms in total. The summed E-state index contributed by atoms with van der Waals surface area (Å²) in [6, 6.07) is 3.56. The highest BCUT2D eigenvalue weighted by molar-refractivity contribution is 7.71. The van der Waals surface area contributed by atoms with E-state index in [1.54, 1.807) is 13.0 Å². The zero-order valence-corrected chi connectivity index (χ0v) is 9.06. The molecule has 0 fully saturated rings. The number of nitrogens with zero attached hydrogens (tertiary/aromatic N) is 1. The van der Waals surface area contributed by atoms with Crippen LogP contribution in [0.5, 0.6) is 0 Å². The number of aromatic nitrogens is 1. The van der Waals surface area contributed by atoms with Crippen molar-refractivity contribution in [2.75, 3.05) is 6.61 Å². The van der Waals surface area contributed by atoms with Gasteiger partial charge in [0.05, 0.1) is 18.6 Å². The highest BCUT2D eigenvalue weighted by Crippen LogP contribution is 2.06. The Labute approximate surface area is 92.5 Å². The molecule has 15 heavy (non-hydrogen) atoms.